The van der Waals surface area contributed by atoms with Crippen molar-refractivity contribution >= 4 is 17.1 Å². The van der Waals surface area contributed by atoms with Crippen LogP contribution in [0, 0.1) is 0 Å². The van der Waals surface area contributed by atoms with Crippen LogP contribution in [0.3, 0.4) is 0 Å². The van der Waals surface area contributed by atoms with Crippen molar-refractivity contribution in [2.75, 3.05) is 6.61 Å². The van der Waals surface area contributed by atoms with E-state index in [1.807, 2.05) is 56.3 Å². The molecule has 2 atom stereocenters. The highest BCUT2D eigenvalue weighted by molar-refractivity contribution is 5.89. The van der Waals surface area contributed by atoms with Crippen LogP contribution in [0.25, 0.3) is 5.57 Å². The van der Waals surface area contributed by atoms with E-state index in [-0.39, 0.29) is 12.4 Å². The normalized spacial score (nSPS) is 20.5. The lowest BCUT2D eigenvalue weighted by Crippen LogP contribution is -2.02. The first kappa shape index (κ1) is 14.7. The minimum Gasteiger partial charge on any atom is -0.346 e. The number of nitrogens with zero attached hydrogens (tertiary/aromatic N) is 1. The van der Waals surface area contributed by atoms with Crippen molar-refractivity contribution < 1.29 is 9.47 Å². The molecular formula is C19H19NO2. The van der Waals surface area contributed by atoms with E-state index in [1.165, 1.54) is 0 Å². The van der Waals surface area contributed by atoms with Crippen molar-refractivity contribution in [3.8, 4) is 0 Å². The fourth-order valence-corrected chi connectivity index (χ4v) is 2.36. The molecule has 0 aromatic heterocycles. The monoisotopic (exact) mass is 293 g/mol. The number of rotatable bonds is 3. The number of aliphatic imine (C=N–C) groups is 1. The van der Waals surface area contributed by atoms with Crippen molar-refractivity contribution in [1.29, 1.82) is 0 Å². The average Bonchev–Trinajstić information content (AvgIpc) is 3.00. The number of hydrogen-bond acceptors (Lipinski definition) is 3. The second-order valence-electron chi connectivity index (χ2n) is 5.39. The first-order valence-electron chi connectivity index (χ1n) is 7.46. The Kier molecular flexibility index (Phi) is 4.50. The van der Waals surface area contributed by atoms with Gasteiger partial charge in [0.25, 0.3) is 0 Å². The molecule has 2 aromatic rings. The Balaban J connectivity index is 1.91. The lowest BCUT2D eigenvalue weighted by atomic mass is 10.1. The minimum absolute atomic E-state index is 0.114. The van der Waals surface area contributed by atoms with Crippen molar-refractivity contribution in [2.45, 2.75) is 26.2 Å². The van der Waals surface area contributed by atoms with Crippen LogP contribution in [0.5, 0.6) is 0 Å². The Morgan fingerprint density at radius 1 is 1.09 bits per heavy atom. The molecule has 1 saturated heterocycles. The van der Waals surface area contributed by atoms with E-state index in [2.05, 4.69) is 23.0 Å². The zero-order valence-electron chi connectivity index (χ0n) is 12.8. The molecule has 0 saturated carbocycles. The molecule has 1 heterocycles. The van der Waals surface area contributed by atoms with Crippen LogP contribution in [0.1, 0.15) is 31.3 Å². The highest BCUT2D eigenvalue weighted by Crippen LogP contribution is 2.33. The predicted octanol–water partition coefficient (Wildman–Crippen LogP) is 4.53. The Morgan fingerprint density at radius 2 is 1.82 bits per heavy atom. The van der Waals surface area contributed by atoms with Crippen molar-refractivity contribution in [1.82, 2.24) is 0 Å². The molecule has 112 valence electrons. The van der Waals surface area contributed by atoms with Crippen molar-refractivity contribution in [2.24, 2.45) is 4.99 Å². The summed E-state index contributed by atoms with van der Waals surface area (Å²) < 4.78 is 11.4. The maximum absolute atomic E-state index is 5.76. The second kappa shape index (κ2) is 6.71. The summed E-state index contributed by atoms with van der Waals surface area (Å²) in [6.45, 7) is 4.62. The quantitative estimate of drug-likeness (QED) is 0.779. The smallest absolute Gasteiger partial charge is 0.186 e. The van der Waals surface area contributed by atoms with E-state index in [0.717, 1.165) is 22.4 Å². The molecule has 1 fully saturated rings. The first-order valence-corrected chi connectivity index (χ1v) is 7.46. The van der Waals surface area contributed by atoms with Crippen LogP contribution in [-0.4, -0.2) is 18.6 Å². The molecule has 0 N–H and O–H groups in total. The SMILES string of the molecule is CC(=C=Nc1ccccc1C1OCC(C)O1)c1ccccc1. The van der Waals surface area contributed by atoms with E-state index in [9.17, 15) is 0 Å². The van der Waals surface area contributed by atoms with Gasteiger partial charge in [0, 0.05) is 11.1 Å². The van der Waals surface area contributed by atoms with Gasteiger partial charge in [0.05, 0.1) is 18.4 Å². The molecule has 1 aliphatic heterocycles. The minimum atomic E-state index is -0.339. The molecule has 0 bridgehead atoms. The van der Waals surface area contributed by atoms with E-state index >= 15 is 0 Å². The molecular weight excluding hydrogens is 274 g/mol. The third-order valence-corrected chi connectivity index (χ3v) is 3.58. The lowest BCUT2D eigenvalue weighted by Gasteiger charge is -2.11. The van der Waals surface area contributed by atoms with Crippen LogP contribution in [0.15, 0.2) is 59.6 Å². The number of ether oxygens (including phenoxy) is 2. The van der Waals surface area contributed by atoms with Crippen molar-refractivity contribution in [3.05, 3.63) is 65.7 Å². The number of hydrogen-bond donors (Lipinski definition) is 0. The standard InChI is InChI=1S/C19H19NO2/c1-14(16-8-4-3-5-9-16)12-20-18-11-7-6-10-17(18)19-21-13-15(2)22-19/h3-11,15,19H,13H2,1-2H3. The fraction of sp³-hybridized carbons (Fsp3) is 0.263. The summed E-state index contributed by atoms with van der Waals surface area (Å²) in [5.74, 6) is 3.12. The number of benzene rings is 2. The topological polar surface area (TPSA) is 30.8 Å². The highest BCUT2D eigenvalue weighted by Gasteiger charge is 2.25. The van der Waals surface area contributed by atoms with E-state index in [0.29, 0.717) is 6.61 Å². The predicted molar refractivity (Wildman–Crippen MR) is 88.3 cm³/mol. The van der Waals surface area contributed by atoms with Gasteiger partial charge in [-0.15, -0.1) is 0 Å². The summed E-state index contributed by atoms with van der Waals surface area (Å²) in [5.41, 5.74) is 3.89. The van der Waals surface area contributed by atoms with Crippen molar-refractivity contribution in [3.63, 3.8) is 0 Å². The lowest BCUT2D eigenvalue weighted by molar-refractivity contribution is -0.0567. The average molecular weight is 293 g/mol. The summed E-state index contributed by atoms with van der Waals surface area (Å²) in [6.07, 6.45) is -0.225. The van der Waals surface area contributed by atoms with E-state index in [1.54, 1.807) is 0 Å². The van der Waals surface area contributed by atoms with Gasteiger partial charge in [0.15, 0.2) is 6.29 Å². The van der Waals surface area contributed by atoms with Crippen LogP contribution in [0.4, 0.5) is 5.69 Å². The van der Waals surface area contributed by atoms with Crippen LogP contribution in [0.2, 0.25) is 0 Å². The maximum Gasteiger partial charge on any atom is 0.186 e. The van der Waals surface area contributed by atoms with Gasteiger partial charge in [-0.1, -0.05) is 48.5 Å². The molecule has 3 nitrogen and oxygen atoms in total. The molecule has 22 heavy (non-hydrogen) atoms. The Bertz CT molecular complexity index is 702. The van der Waals surface area contributed by atoms with Gasteiger partial charge >= 0.3 is 0 Å². The van der Waals surface area contributed by atoms with Gasteiger partial charge in [-0.3, -0.25) is 0 Å². The van der Waals surface area contributed by atoms with Gasteiger partial charge < -0.3 is 9.47 Å². The third kappa shape index (κ3) is 3.34. The summed E-state index contributed by atoms with van der Waals surface area (Å²) >= 11 is 0. The molecule has 0 spiro atoms. The summed E-state index contributed by atoms with van der Waals surface area (Å²) in [6, 6.07) is 18.0. The Morgan fingerprint density at radius 3 is 2.55 bits per heavy atom. The molecule has 0 amide bonds. The molecule has 2 unspecified atom stereocenters. The van der Waals surface area contributed by atoms with Crippen LogP contribution >= 0.6 is 0 Å². The molecule has 3 heteroatoms. The van der Waals surface area contributed by atoms with Gasteiger partial charge in [-0.2, -0.15) is 0 Å². The number of para-hydroxylation sites is 1. The molecule has 0 radical (unpaired) electrons. The second-order valence-corrected chi connectivity index (χ2v) is 5.39. The Hall–Kier alpha value is -2.19. The summed E-state index contributed by atoms with van der Waals surface area (Å²) in [5, 5.41) is 0. The zero-order valence-corrected chi connectivity index (χ0v) is 12.8. The third-order valence-electron chi connectivity index (χ3n) is 3.58. The van der Waals surface area contributed by atoms with Gasteiger partial charge in [-0.25, -0.2) is 4.99 Å². The van der Waals surface area contributed by atoms with E-state index < -0.39 is 0 Å². The highest BCUT2D eigenvalue weighted by atomic mass is 16.7. The molecule has 2 aromatic carbocycles. The zero-order chi connectivity index (χ0) is 15.4. The van der Waals surface area contributed by atoms with Gasteiger partial charge in [0.2, 0.25) is 0 Å². The summed E-state index contributed by atoms with van der Waals surface area (Å²) in [4.78, 5) is 4.51. The summed E-state index contributed by atoms with van der Waals surface area (Å²) in [7, 11) is 0. The molecule has 0 aliphatic carbocycles. The Labute approximate surface area is 130 Å². The van der Waals surface area contributed by atoms with Gasteiger partial charge in [-0.05, 0) is 31.3 Å². The van der Waals surface area contributed by atoms with Gasteiger partial charge in [0.1, 0.15) is 0 Å². The fourth-order valence-electron chi connectivity index (χ4n) is 2.36. The largest absolute Gasteiger partial charge is 0.346 e. The molecule has 1 aliphatic rings. The number of allylic oxidation sites excluding steroid dienone is 1. The van der Waals surface area contributed by atoms with Crippen LogP contribution < -0.4 is 0 Å². The first-order chi connectivity index (χ1) is 10.7. The molecule has 3 rings (SSSR count). The maximum atomic E-state index is 5.76. The van der Waals surface area contributed by atoms with Crippen LogP contribution in [-0.2, 0) is 9.47 Å². The van der Waals surface area contributed by atoms with E-state index in [4.69, 9.17) is 9.47 Å².